The maximum Gasteiger partial charge on any atom is 0.119 e. The highest BCUT2D eigenvalue weighted by molar-refractivity contribution is 5.31. The second-order valence-corrected chi connectivity index (χ2v) is 4.91. The van der Waals surface area contributed by atoms with E-state index in [2.05, 4.69) is 6.92 Å². The van der Waals surface area contributed by atoms with Gasteiger partial charge >= 0.3 is 0 Å². The number of benzene rings is 1. The Labute approximate surface area is 121 Å². The topological polar surface area (TPSA) is 40.2 Å². The molecule has 0 radical (unpaired) electrons. The van der Waals surface area contributed by atoms with Crippen molar-refractivity contribution in [2.75, 3.05) is 33.0 Å². The molecule has 1 heterocycles. The predicted molar refractivity (Wildman–Crippen MR) is 77.5 cm³/mol. The molecule has 0 bridgehead atoms. The molecule has 1 aliphatic heterocycles. The van der Waals surface area contributed by atoms with Gasteiger partial charge in [0.05, 0.1) is 13.2 Å². The molecule has 4 nitrogen and oxygen atoms in total. The van der Waals surface area contributed by atoms with Crippen molar-refractivity contribution in [1.82, 2.24) is 0 Å². The third-order valence-electron chi connectivity index (χ3n) is 3.05. The van der Waals surface area contributed by atoms with E-state index in [0.29, 0.717) is 19.8 Å². The van der Waals surface area contributed by atoms with Gasteiger partial charge in [0, 0.05) is 6.61 Å². The number of hydrogen-bond acceptors (Lipinski definition) is 4. The zero-order valence-electron chi connectivity index (χ0n) is 12.2. The van der Waals surface area contributed by atoms with Gasteiger partial charge in [-0.1, -0.05) is 19.8 Å². The number of hydrogen-bond donors (Lipinski definition) is 0. The molecular formula is C16H24O4. The highest BCUT2D eigenvalue weighted by atomic mass is 16.6. The first-order valence-electron chi connectivity index (χ1n) is 7.43. The molecule has 2 rings (SSSR count). The summed E-state index contributed by atoms with van der Waals surface area (Å²) in [5.74, 6) is 1.70. The van der Waals surface area contributed by atoms with Crippen molar-refractivity contribution in [3.05, 3.63) is 24.3 Å². The Kier molecular flexibility index (Phi) is 6.68. The molecule has 0 N–H and O–H groups in total. The van der Waals surface area contributed by atoms with Crippen molar-refractivity contribution in [2.24, 2.45) is 0 Å². The molecule has 0 saturated carbocycles. The maximum atomic E-state index is 5.60. The molecule has 0 aliphatic carbocycles. The first-order valence-corrected chi connectivity index (χ1v) is 7.43. The van der Waals surface area contributed by atoms with E-state index >= 15 is 0 Å². The zero-order valence-corrected chi connectivity index (χ0v) is 12.2. The van der Waals surface area contributed by atoms with Gasteiger partial charge in [0.15, 0.2) is 0 Å². The first kappa shape index (κ1) is 15.1. The van der Waals surface area contributed by atoms with E-state index in [1.54, 1.807) is 0 Å². The van der Waals surface area contributed by atoms with Gasteiger partial charge in [-0.05, 0) is 30.7 Å². The molecule has 0 spiro atoms. The normalized spacial score (nSPS) is 16.9. The van der Waals surface area contributed by atoms with E-state index in [1.165, 1.54) is 12.8 Å². The highest BCUT2D eigenvalue weighted by Crippen LogP contribution is 2.19. The molecule has 1 atom stereocenters. The van der Waals surface area contributed by atoms with E-state index in [0.717, 1.165) is 31.1 Å². The van der Waals surface area contributed by atoms with Crippen molar-refractivity contribution in [2.45, 2.75) is 32.3 Å². The Bertz CT molecular complexity index is 359. The van der Waals surface area contributed by atoms with Crippen LogP contribution in [0.15, 0.2) is 24.3 Å². The van der Waals surface area contributed by atoms with Gasteiger partial charge in [-0.3, -0.25) is 0 Å². The monoisotopic (exact) mass is 280 g/mol. The fourth-order valence-corrected chi connectivity index (χ4v) is 1.76. The van der Waals surface area contributed by atoms with Gasteiger partial charge in [-0.15, -0.1) is 0 Å². The van der Waals surface area contributed by atoms with Gasteiger partial charge < -0.3 is 18.9 Å². The summed E-state index contributed by atoms with van der Waals surface area (Å²) in [5.41, 5.74) is 0. The summed E-state index contributed by atoms with van der Waals surface area (Å²) in [6.45, 7) is 5.69. The maximum absolute atomic E-state index is 5.60. The number of rotatable bonds is 11. The largest absolute Gasteiger partial charge is 0.491 e. The molecule has 112 valence electrons. The van der Waals surface area contributed by atoms with Crippen LogP contribution in [0.4, 0.5) is 0 Å². The van der Waals surface area contributed by atoms with Crippen molar-refractivity contribution < 1.29 is 18.9 Å². The van der Waals surface area contributed by atoms with Crippen molar-refractivity contribution in [3.8, 4) is 11.5 Å². The summed E-state index contributed by atoms with van der Waals surface area (Å²) in [6, 6.07) is 7.67. The number of epoxide rings is 1. The Hall–Kier alpha value is -1.26. The summed E-state index contributed by atoms with van der Waals surface area (Å²) in [4.78, 5) is 0. The predicted octanol–water partition coefficient (Wildman–Crippen LogP) is 3.05. The second-order valence-electron chi connectivity index (χ2n) is 4.91. The van der Waals surface area contributed by atoms with Crippen LogP contribution < -0.4 is 9.47 Å². The smallest absolute Gasteiger partial charge is 0.119 e. The standard InChI is InChI=1S/C16H24O4/c1-2-3-4-9-17-10-11-18-14-5-7-15(8-6-14)19-12-16-13-20-16/h5-8,16H,2-4,9-13H2,1H3. The first-order chi connectivity index (χ1) is 9.88. The third-order valence-corrected chi connectivity index (χ3v) is 3.05. The fraction of sp³-hybridized carbons (Fsp3) is 0.625. The Morgan fingerprint density at radius 3 is 2.35 bits per heavy atom. The van der Waals surface area contributed by atoms with E-state index in [1.807, 2.05) is 24.3 Å². The summed E-state index contributed by atoms with van der Waals surface area (Å²) in [7, 11) is 0. The van der Waals surface area contributed by atoms with Gasteiger partial charge in [-0.25, -0.2) is 0 Å². The highest BCUT2D eigenvalue weighted by Gasteiger charge is 2.22. The van der Waals surface area contributed by atoms with Crippen LogP contribution in [0.2, 0.25) is 0 Å². The minimum atomic E-state index is 0.288. The van der Waals surface area contributed by atoms with E-state index < -0.39 is 0 Å². The Balaban J connectivity index is 1.53. The molecule has 0 amide bonds. The van der Waals surface area contributed by atoms with Crippen LogP contribution in [0, 0.1) is 0 Å². The molecule has 1 fully saturated rings. The lowest BCUT2D eigenvalue weighted by atomic mass is 10.3. The van der Waals surface area contributed by atoms with Gasteiger partial charge in [-0.2, -0.15) is 0 Å². The lowest BCUT2D eigenvalue weighted by Gasteiger charge is -2.08. The number of ether oxygens (including phenoxy) is 4. The van der Waals surface area contributed by atoms with Crippen LogP contribution in [-0.2, 0) is 9.47 Å². The van der Waals surface area contributed by atoms with Crippen LogP contribution in [0.1, 0.15) is 26.2 Å². The molecule has 20 heavy (non-hydrogen) atoms. The van der Waals surface area contributed by atoms with E-state index in [-0.39, 0.29) is 6.10 Å². The van der Waals surface area contributed by atoms with Crippen LogP contribution >= 0.6 is 0 Å². The van der Waals surface area contributed by atoms with Crippen LogP contribution in [0.25, 0.3) is 0 Å². The van der Waals surface area contributed by atoms with E-state index in [4.69, 9.17) is 18.9 Å². The van der Waals surface area contributed by atoms with E-state index in [9.17, 15) is 0 Å². The summed E-state index contributed by atoms with van der Waals surface area (Å²) >= 11 is 0. The van der Waals surface area contributed by atoms with Crippen molar-refractivity contribution in [1.29, 1.82) is 0 Å². The molecule has 1 saturated heterocycles. The molecule has 1 aromatic rings. The summed E-state index contributed by atoms with van der Waals surface area (Å²) in [6.07, 6.45) is 3.87. The lowest BCUT2D eigenvalue weighted by Crippen LogP contribution is -2.07. The van der Waals surface area contributed by atoms with Crippen molar-refractivity contribution >= 4 is 0 Å². The molecule has 4 heteroatoms. The lowest BCUT2D eigenvalue weighted by molar-refractivity contribution is 0.0973. The number of unbranched alkanes of at least 4 members (excludes halogenated alkanes) is 2. The minimum Gasteiger partial charge on any atom is -0.491 e. The van der Waals surface area contributed by atoms with Crippen LogP contribution in [0.5, 0.6) is 11.5 Å². The summed E-state index contributed by atoms with van der Waals surface area (Å²) < 4.78 is 21.7. The Morgan fingerprint density at radius 2 is 1.70 bits per heavy atom. The fourth-order valence-electron chi connectivity index (χ4n) is 1.76. The van der Waals surface area contributed by atoms with Gasteiger partial charge in [0.25, 0.3) is 0 Å². The molecule has 1 aromatic carbocycles. The third kappa shape index (κ3) is 6.26. The molecule has 1 aliphatic rings. The second kappa shape index (κ2) is 8.82. The SMILES string of the molecule is CCCCCOCCOc1ccc(OCC2CO2)cc1. The minimum absolute atomic E-state index is 0.288. The average molecular weight is 280 g/mol. The molecule has 0 aromatic heterocycles. The molecular weight excluding hydrogens is 256 g/mol. The average Bonchev–Trinajstić information content (AvgIpc) is 3.30. The Morgan fingerprint density at radius 1 is 1.00 bits per heavy atom. The van der Waals surface area contributed by atoms with Gasteiger partial charge in [0.2, 0.25) is 0 Å². The summed E-state index contributed by atoms with van der Waals surface area (Å²) in [5, 5.41) is 0. The van der Waals surface area contributed by atoms with Crippen molar-refractivity contribution in [3.63, 3.8) is 0 Å². The van der Waals surface area contributed by atoms with Crippen LogP contribution in [-0.4, -0.2) is 39.1 Å². The zero-order chi connectivity index (χ0) is 14.0. The van der Waals surface area contributed by atoms with Crippen LogP contribution in [0.3, 0.4) is 0 Å². The molecule has 1 unspecified atom stereocenters. The quantitative estimate of drug-likeness (QED) is 0.461. The van der Waals surface area contributed by atoms with Gasteiger partial charge in [0.1, 0.15) is 30.8 Å².